The van der Waals surface area contributed by atoms with Crippen molar-refractivity contribution in [2.24, 2.45) is 0 Å². The van der Waals surface area contributed by atoms with E-state index in [1.54, 1.807) is 17.4 Å². The number of nitrogens with zero attached hydrogens (tertiary/aromatic N) is 1. The summed E-state index contributed by atoms with van der Waals surface area (Å²) in [6.45, 7) is 1.79. The minimum atomic E-state index is -0.752. The number of rotatable bonds is 4. The molecule has 0 bridgehead atoms. The van der Waals surface area contributed by atoms with Crippen LogP contribution in [0.5, 0.6) is 0 Å². The lowest BCUT2D eigenvalue weighted by atomic mass is 9.89. The second-order valence-corrected chi connectivity index (χ2v) is 8.08. The number of Topliss-reactive ketones (excluding diaryl/α,β-unsaturated/α-hetero) is 1. The molecule has 26 heavy (non-hydrogen) atoms. The summed E-state index contributed by atoms with van der Waals surface area (Å²) < 4.78 is 0. The number of piperidine rings is 1. The molecule has 6 heteroatoms. The van der Waals surface area contributed by atoms with Gasteiger partial charge in [-0.25, -0.2) is 0 Å². The molecule has 1 aromatic carbocycles. The number of amides is 1. The molecule has 0 spiro atoms. The van der Waals surface area contributed by atoms with Gasteiger partial charge in [0.1, 0.15) is 5.60 Å². The van der Waals surface area contributed by atoms with E-state index in [2.05, 4.69) is 10.2 Å². The SMILES string of the molecule is O=C1CCc2cc(C(=O)CN3CCC(O)(c4cccs4)CC3)ccc2N1. The van der Waals surface area contributed by atoms with Crippen molar-refractivity contribution in [3.8, 4) is 0 Å². The summed E-state index contributed by atoms with van der Waals surface area (Å²) in [5.74, 6) is 0.120. The van der Waals surface area contributed by atoms with Crippen LogP contribution in [-0.4, -0.2) is 41.3 Å². The maximum absolute atomic E-state index is 12.7. The van der Waals surface area contributed by atoms with E-state index in [1.807, 2.05) is 29.6 Å². The highest BCUT2D eigenvalue weighted by Crippen LogP contribution is 2.35. The van der Waals surface area contributed by atoms with Gasteiger partial charge in [-0.3, -0.25) is 14.5 Å². The highest BCUT2D eigenvalue weighted by molar-refractivity contribution is 7.10. The zero-order valence-corrected chi connectivity index (χ0v) is 15.3. The number of carbonyl (C=O) groups is 2. The monoisotopic (exact) mass is 370 g/mol. The number of ketones is 1. The Morgan fingerprint density at radius 2 is 2.04 bits per heavy atom. The summed E-state index contributed by atoms with van der Waals surface area (Å²) >= 11 is 1.59. The Morgan fingerprint density at radius 1 is 1.23 bits per heavy atom. The van der Waals surface area contributed by atoms with Crippen LogP contribution in [0.25, 0.3) is 0 Å². The van der Waals surface area contributed by atoms with Gasteiger partial charge in [0.25, 0.3) is 0 Å². The first-order chi connectivity index (χ1) is 12.5. The lowest BCUT2D eigenvalue weighted by Gasteiger charge is -2.37. The minimum absolute atomic E-state index is 0.0307. The van der Waals surface area contributed by atoms with Gasteiger partial charge in [-0.05, 0) is 54.5 Å². The molecule has 0 atom stereocenters. The highest BCUT2D eigenvalue weighted by atomic mass is 32.1. The van der Waals surface area contributed by atoms with Crippen molar-refractivity contribution in [2.45, 2.75) is 31.3 Å². The first kappa shape index (κ1) is 17.4. The van der Waals surface area contributed by atoms with Crippen molar-refractivity contribution >= 4 is 28.7 Å². The number of hydrogen-bond acceptors (Lipinski definition) is 5. The molecule has 136 valence electrons. The van der Waals surface area contributed by atoms with Crippen molar-refractivity contribution in [2.75, 3.05) is 25.0 Å². The molecule has 1 amide bonds. The summed E-state index contributed by atoms with van der Waals surface area (Å²) in [6, 6.07) is 9.47. The van der Waals surface area contributed by atoms with Crippen LogP contribution in [-0.2, 0) is 16.8 Å². The fraction of sp³-hybridized carbons (Fsp3) is 0.400. The van der Waals surface area contributed by atoms with Crippen LogP contribution in [0.2, 0.25) is 0 Å². The van der Waals surface area contributed by atoms with Gasteiger partial charge in [0.15, 0.2) is 5.78 Å². The molecular weight excluding hydrogens is 348 g/mol. The molecule has 2 aliphatic heterocycles. The van der Waals surface area contributed by atoms with Crippen molar-refractivity contribution in [3.05, 3.63) is 51.7 Å². The molecule has 5 nitrogen and oxygen atoms in total. The number of hydrogen-bond donors (Lipinski definition) is 2. The number of aryl methyl sites for hydroxylation is 1. The average Bonchev–Trinajstić information content (AvgIpc) is 3.19. The van der Waals surface area contributed by atoms with Crippen LogP contribution in [0.4, 0.5) is 5.69 Å². The number of fused-ring (bicyclic) bond motifs is 1. The van der Waals surface area contributed by atoms with Crippen molar-refractivity contribution in [1.29, 1.82) is 0 Å². The number of benzene rings is 1. The zero-order valence-electron chi connectivity index (χ0n) is 14.5. The largest absolute Gasteiger partial charge is 0.384 e. The number of aliphatic hydroxyl groups is 1. The molecule has 3 heterocycles. The lowest BCUT2D eigenvalue weighted by Crippen LogP contribution is -2.44. The maximum Gasteiger partial charge on any atom is 0.224 e. The molecule has 2 aliphatic rings. The van der Waals surface area contributed by atoms with Crippen molar-refractivity contribution < 1.29 is 14.7 Å². The fourth-order valence-corrected chi connectivity index (χ4v) is 4.61. The second-order valence-electron chi connectivity index (χ2n) is 7.13. The zero-order chi connectivity index (χ0) is 18.1. The molecule has 0 saturated carbocycles. The molecule has 1 fully saturated rings. The van der Waals surface area contributed by atoms with Crippen molar-refractivity contribution in [1.82, 2.24) is 4.90 Å². The summed E-state index contributed by atoms with van der Waals surface area (Å²) in [4.78, 5) is 27.2. The minimum Gasteiger partial charge on any atom is -0.384 e. The van der Waals surface area contributed by atoms with E-state index in [0.717, 1.165) is 16.1 Å². The number of thiophene rings is 1. The number of likely N-dealkylation sites (tertiary alicyclic amines) is 1. The van der Waals surface area contributed by atoms with Crippen LogP contribution in [0.1, 0.15) is 40.1 Å². The first-order valence-electron chi connectivity index (χ1n) is 8.98. The molecule has 1 saturated heterocycles. The number of anilines is 1. The maximum atomic E-state index is 12.7. The Balaban J connectivity index is 1.38. The number of carbonyl (C=O) groups excluding carboxylic acids is 2. The Morgan fingerprint density at radius 3 is 2.77 bits per heavy atom. The normalized spacial score (nSPS) is 19.7. The summed E-state index contributed by atoms with van der Waals surface area (Å²) in [7, 11) is 0. The Kier molecular flexibility index (Phi) is 4.65. The van der Waals surface area contributed by atoms with Gasteiger partial charge < -0.3 is 10.4 Å². The van der Waals surface area contributed by atoms with Gasteiger partial charge in [0.05, 0.1) is 6.54 Å². The van der Waals surface area contributed by atoms with Gasteiger partial charge in [-0.1, -0.05) is 6.07 Å². The van der Waals surface area contributed by atoms with E-state index in [1.165, 1.54) is 0 Å². The van der Waals surface area contributed by atoms with Gasteiger partial charge in [-0.2, -0.15) is 0 Å². The van der Waals surface area contributed by atoms with E-state index >= 15 is 0 Å². The van der Waals surface area contributed by atoms with Crippen LogP contribution < -0.4 is 5.32 Å². The Labute approximate surface area is 156 Å². The van der Waals surface area contributed by atoms with E-state index in [4.69, 9.17) is 0 Å². The molecule has 0 aliphatic carbocycles. The third-order valence-corrected chi connectivity index (χ3v) is 6.42. The Bertz CT molecular complexity index is 824. The molecule has 0 unspecified atom stereocenters. The highest BCUT2D eigenvalue weighted by Gasteiger charge is 2.35. The van der Waals surface area contributed by atoms with E-state index < -0.39 is 5.60 Å². The molecule has 1 aromatic heterocycles. The summed E-state index contributed by atoms with van der Waals surface area (Å²) in [5.41, 5.74) is 1.79. The second kappa shape index (κ2) is 6.95. The van der Waals surface area contributed by atoms with E-state index in [9.17, 15) is 14.7 Å². The number of nitrogens with one attached hydrogen (secondary N) is 1. The molecule has 0 radical (unpaired) electrons. The standard InChI is InChI=1S/C20H22N2O3S/c23-17(15-3-5-16-14(12-15)4-6-19(24)21-16)13-22-9-7-20(25,8-10-22)18-2-1-11-26-18/h1-3,5,11-12,25H,4,6-10,13H2,(H,21,24). The summed E-state index contributed by atoms with van der Waals surface area (Å²) in [5, 5.41) is 15.6. The van der Waals surface area contributed by atoms with E-state index in [0.29, 0.717) is 50.9 Å². The van der Waals surface area contributed by atoms with Crippen LogP contribution in [0.15, 0.2) is 35.7 Å². The molecule has 2 N–H and O–H groups in total. The van der Waals surface area contributed by atoms with Gasteiger partial charge >= 0.3 is 0 Å². The quantitative estimate of drug-likeness (QED) is 0.812. The first-order valence-corrected chi connectivity index (χ1v) is 9.86. The van der Waals surface area contributed by atoms with E-state index in [-0.39, 0.29) is 11.7 Å². The summed E-state index contributed by atoms with van der Waals surface area (Å²) in [6.07, 6.45) is 2.45. The molecule has 2 aromatic rings. The third-order valence-electron chi connectivity index (χ3n) is 5.35. The topological polar surface area (TPSA) is 69.6 Å². The van der Waals surface area contributed by atoms with Crippen LogP contribution in [0.3, 0.4) is 0 Å². The lowest BCUT2D eigenvalue weighted by molar-refractivity contribution is -0.116. The van der Waals surface area contributed by atoms with Gasteiger partial charge in [-0.15, -0.1) is 11.3 Å². The Hall–Kier alpha value is -2.02. The van der Waals surface area contributed by atoms with Gasteiger partial charge in [0.2, 0.25) is 5.91 Å². The predicted octanol–water partition coefficient (Wildman–Crippen LogP) is 2.80. The van der Waals surface area contributed by atoms with Crippen molar-refractivity contribution in [3.63, 3.8) is 0 Å². The smallest absolute Gasteiger partial charge is 0.224 e. The predicted molar refractivity (Wildman–Crippen MR) is 102 cm³/mol. The molecular formula is C20H22N2O3S. The molecule has 4 rings (SSSR count). The van der Waals surface area contributed by atoms with Gasteiger partial charge in [0, 0.05) is 35.6 Å². The fourth-order valence-electron chi connectivity index (χ4n) is 3.72. The van der Waals surface area contributed by atoms with Crippen LogP contribution >= 0.6 is 11.3 Å². The third kappa shape index (κ3) is 3.45. The van der Waals surface area contributed by atoms with Crippen LogP contribution in [0, 0.1) is 0 Å². The average molecular weight is 370 g/mol.